The Morgan fingerprint density at radius 3 is 1.76 bits per heavy atom. The fraction of sp³-hybridized carbons (Fsp3) is 0.273. The van der Waals surface area contributed by atoms with Crippen LogP contribution in [0.5, 0.6) is 0 Å². The van der Waals surface area contributed by atoms with Crippen LogP contribution in [0.25, 0.3) is 11.1 Å². The zero-order valence-electron chi connectivity index (χ0n) is 20.9. The Morgan fingerprint density at radius 2 is 1.18 bits per heavy atom. The predicted octanol–water partition coefficient (Wildman–Crippen LogP) is 7.90. The molecule has 0 amide bonds. The molecule has 4 aromatic rings. The van der Waals surface area contributed by atoms with Gasteiger partial charge in [0.15, 0.2) is 0 Å². The first-order chi connectivity index (χ1) is 16.5. The Hall–Kier alpha value is -3.32. The lowest BCUT2D eigenvalue weighted by Gasteiger charge is -2.34. The van der Waals surface area contributed by atoms with E-state index in [4.69, 9.17) is 0 Å². The second kappa shape index (κ2) is 9.14. The quantitative estimate of drug-likeness (QED) is 0.279. The van der Waals surface area contributed by atoms with E-state index >= 15 is 0 Å². The number of rotatable bonds is 7. The van der Waals surface area contributed by atoms with Crippen LogP contribution in [0.1, 0.15) is 47.2 Å². The van der Waals surface area contributed by atoms with Gasteiger partial charge < -0.3 is 4.90 Å². The van der Waals surface area contributed by atoms with E-state index < -0.39 is 0 Å². The minimum absolute atomic E-state index is 0.101. The maximum Gasteiger partial charge on any atom is 0.0369 e. The number of fused-ring (bicyclic) bond motifs is 3. The van der Waals surface area contributed by atoms with Gasteiger partial charge in [0.1, 0.15) is 0 Å². The Bertz CT molecular complexity index is 1260. The molecule has 0 unspecified atom stereocenters. The summed E-state index contributed by atoms with van der Waals surface area (Å²) in [5, 5.41) is 0. The molecule has 0 radical (unpaired) electrons. The van der Waals surface area contributed by atoms with E-state index in [0.29, 0.717) is 0 Å². The molecule has 5 rings (SSSR count). The van der Waals surface area contributed by atoms with Crippen molar-refractivity contribution in [2.75, 3.05) is 18.0 Å². The molecule has 0 aromatic heterocycles. The molecule has 0 saturated carbocycles. The lowest BCUT2D eigenvalue weighted by molar-refractivity contribution is 0.519. The molecule has 0 atom stereocenters. The van der Waals surface area contributed by atoms with Crippen molar-refractivity contribution in [1.82, 2.24) is 0 Å². The fourth-order valence-electron chi connectivity index (χ4n) is 6.01. The lowest BCUT2D eigenvalue weighted by Crippen LogP contribution is -2.32. The van der Waals surface area contributed by atoms with Gasteiger partial charge in [0.05, 0.1) is 0 Å². The molecule has 0 fully saturated rings. The molecule has 172 valence electrons. The molecule has 4 aromatic carbocycles. The summed E-state index contributed by atoms with van der Waals surface area (Å²) in [7, 11) is 0. The molecule has 34 heavy (non-hydrogen) atoms. The first-order valence-corrected chi connectivity index (χ1v) is 12.6. The van der Waals surface area contributed by atoms with E-state index in [9.17, 15) is 0 Å². The van der Waals surface area contributed by atoms with Crippen LogP contribution >= 0.6 is 0 Å². The molecule has 0 bridgehead atoms. The van der Waals surface area contributed by atoms with Crippen LogP contribution in [-0.2, 0) is 18.3 Å². The molecule has 1 nitrogen and oxygen atoms in total. The van der Waals surface area contributed by atoms with E-state index in [2.05, 4.69) is 124 Å². The third-order valence-corrected chi connectivity index (χ3v) is 7.56. The molecule has 0 saturated heterocycles. The summed E-state index contributed by atoms with van der Waals surface area (Å²) in [6.45, 7) is 10.9. The van der Waals surface area contributed by atoms with Crippen molar-refractivity contribution >= 4 is 5.69 Å². The fourth-order valence-corrected chi connectivity index (χ4v) is 6.01. The van der Waals surface area contributed by atoms with Crippen LogP contribution in [0.4, 0.5) is 5.69 Å². The van der Waals surface area contributed by atoms with Crippen LogP contribution in [-0.4, -0.2) is 13.1 Å². The zero-order chi connectivity index (χ0) is 23.7. The average Bonchev–Trinajstić information content (AvgIpc) is 3.09. The second-order valence-corrected chi connectivity index (χ2v) is 9.86. The van der Waals surface area contributed by atoms with Crippen LogP contribution in [0.2, 0.25) is 0 Å². The summed E-state index contributed by atoms with van der Waals surface area (Å²) >= 11 is 0. The Kier molecular flexibility index (Phi) is 6.04. The third kappa shape index (κ3) is 3.94. The molecule has 0 aliphatic heterocycles. The van der Waals surface area contributed by atoms with Gasteiger partial charge in [0.2, 0.25) is 0 Å². The minimum atomic E-state index is -0.101. The molecular weight excluding hydrogens is 410 g/mol. The number of aryl methyl sites for hydroxylation is 2. The standard InChI is InChI=1S/C33H35N/c1-5-34(6-2)28-17-18-30-29-15-7-8-16-31(29)33(32(30)21-28,22-26-13-9-11-24(3)19-26)23-27-14-10-12-25(4)20-27/h7-21H,5-6,22-23H2,1-4H3. The molecule has 1 aliphatic rings. The van der Waals surface area contributed by atoms with Gasteiger partial charge in [-0.3, -0.25) is 0 Å². The van der Waals surface area contributed by atoms with Crippen molar-refractivity contribution in [2.45, 2.75) is 46.0 Å². The molecule has 1 aliphatic carbocycles. The smallest absolute Gasteiger partial charge is 0.0369 e. The van der Waals surface area contributed by atoms with Gasteiger partial charge in [-0.1, -0.05) is 90.0 Å². The highest BCUT2D eigenvalue weighted by Crippen LogP contribution is 2.53. The van der Waals surface area contributed by atoms with Gasteiger partial charge in [-0.2, -0.15) is 0 Å². The van der Waals surface area contributed by atoms with Gasteiger partial charge in [0.25, 0.3) is 0 Å². The Morgan fingerprint density at radius 1 is 0.588 bits per heavy atom. The van der Waals surface area contributed by atoms with Gasteiger partial charge >= 0.3 is 0 Å². The summed E-state index contributed by atoms with van der Waals surface area (Å²) in [4.78, 5) is 2.47. The summed E-state index contributed by atoms with van der Waals surface area (Å²) in [5.74, 6) is 0. The summed E-state index contributed by atoms with van der Waals surface area (Å²) in [6, 6.07) is 34.4. The van der Waals surface area contributed by atoms with Crippen LogP contribution in [0.15, 0.2) is 91.0 Å². The largest absolute Gasteiger partial charge is 0.372 e. The van der Waals surface area contributed by atoms with E-state index in [1.165, 1.54) is 50.2 Å². The van der Waals surface area contributed by atoms with E-state index in [-0.39, 0.29) is 5.41 Å². The summed E-state index contributed by atoms with van der Waals surface area (Å²) in [5.41, 5.74) is 12.4. The topological polar surface area (TPSA) is 3.24 Å². The summed E-state index contributed by atoms with van der Waals surface area (Å²) < 4.78 is 0. The number of anilines is 1. The second-order valence-electron chi connectivity index (χ2n) is 9.86. The molecule has 0 spiro atoms. The van der Waals surface area contributed by atoms with E-state index in [1.54, 1.807) is 0 Å². The van der Waals surface area contributed by atoms with Gasteiger partial charge in [-0.15, -0.1) is 0 Å². The van der Waals surface area contributed by atoms with Crippen LogP contribution in [0.3, 0.4) is 0 Å². The number of hydrogen-bond acceptors (Lipinski definition) is 1. The lowest BCUT2D eigenvalue weighted by atomic mass is 9.69. The number of hydrogen-bond donors (Lipinski definition) is 0. The van der Waals surface area contributed by atoms with Gasteiger partial charge in [-0.05, 0) is 86.1 Å². The maximum absolute atomic E-state index is 2.49. The maximum atomic E-state index is 2.49. The number of nitrogens with zero attached hydrogens (tertiary/aromatic N) is 1. The summed E-state index contributed by atoms with van der Waals surface area (Å²) in [6.07, 6.45) is 1.99. The Balaban J connectivity index is 1.76. The molecular formula is C33H35N. The average molecular weight is 446 g/mol. The van der Waals surface area contributed by atoms with Crippen molar-refractivity contribution in [1.29, 1.82) is 0 Å². The SMILES string of the molecule is CCN(CC)c1ccc2c(c1)C(Cc1cccc(C)c1)(Cc1cccc(C)c1)c1ccccc1-2. The first kappa shape index (κ1) is 22.5. The van der Waals surface area contributed by atoms with Crippen LogP contribution < -0.4 is 4.90 Å². The molecule has 1 heteroatoms. The normalized spacial score (nSPS) is 13.4. The number of benzene rings is 4. The first-order valence-electron chi connectivity index (χ1n) is 12.6. The zero-order valence-corrected chi connectivity index (χ0v) is 20.9. The van der Waals surface area contributed by atoms with Crippen molar-refractivity contribution in [3.63, 3.8) is 0 Å². The van der Waals surface area contributed by atoms with E-state index in [1.807, 2.05) is 0 Å². The van der Waals surface area contributed by atoms with Crippen molar-refractivity contribution < 1.29 is 0 Å². The molecule has 0 heterocycles. The van der Waals surface area contributed by atoms with E-state index in [0.717, 1.165) is 25.9 Å². The van der Waals surface area contributed by atoms with Crippen molar-refractivity contribution in [3.05, 3.63) is 124 Å². The third-order valence-electron chi connectivity index (χ3n) is 7.56. The molecule has 0 N–H and O–H groups in total. The van der Waals surface area contributed by atoms with Crippen molar-refractivity contribution in [2.24, 2.45) is 0 Å². The predicted molar refractivity (Wildman–Crippen MR) is 146 cm³/mol. The highest BCUT2D eigenvalue weighted by Gasteiger charge is 2.43. The van der Waals surface area contributed by atoms with Crippen LogP contribution in [0, 0.1) is 13.8 Å². The van der Waals surface area contributed by atoms with Crippen molar-refractivity contribution in [3.8, 4) is 11.1 Å². The van der Waals surface area contributed by atoms with Gasteiger partial charge in [0, 0.05) is 24.2 Å². The Labute approximate surface area is 205 Å². The van der Waals surface area contributed by atoms with Gasteiger partial charge in [-0.25, -0.2) is 0 Å². The minimum Gasteiger partial charge on any atom is -0.372 e. The highest BCUT2D eigenvalue weighted by atomic mass is 15.1. The highest BCUT2D eigenvalue weighted by molar-refractivity contribution is 5.83. The monoisotopic (exact) mass is 445 g/mol.